The minimum atomic E-state index is -0.487. The number of ether oxygens (including phenoxy) is 2. The van der Waals surface area contributed by atoms with Crippen LogP contribution in [-0.4, -0.2) is 68.2 Å². The Kier molecular flexibility index (Phi) is 9.79. The molecule has 0 radical (unpaired) electrons. The molecule has 1 aromatic heterocycles. The number of aromatic nitrogens is 1. The van der Waals surface area contributed by atoms with Gasteiger partial charge in [-0.25, -0.2) is 4.79 Å². The quantitative estimate of drug-likeness (QED) is 0.241. The topological polar surface area (TPSA) is 129 Å². The third-order valence-corrected chi connectivity index (χ3v) is 6.37. The monoisotopic (exact) mass is 553 g/mol. The zero-order chi connectivity index (χ0) is 27.6. The minimum absolute atomic E-state index is 0.243. The SMILES string of the molecule is CNC(=O)c1cc(Oc2cccc(NNC(=O)Nc3cc(C)c(Cl)cc3OCCN3CCNCC3)c2)ccn1. The van der Waals surface area contributed by atoms with Crippen molar-refractivity contribution in [3.05, 3.63) is 71.0 Å². The first kappa shape index (κ1) is 28.0. The van der Waals surface area contributed by atoms with Crippen molar-refractivity contribution in [2.75, 3.05) is 57.1 Å². The summed E-state index contributed by atoms with van der Waals surface area (Å²) in [6.45, 7) is 7.00. The molecule has 1 aliphatic rings. The van der Waals surface area contributed by atoms with Crippen LogP contribution in [0.15, 0.2) is 54.7 Å². The highest BCUT2D eigenvalue weighted by molar-refractivity contribution is 6.31. The fourth-order valence-electron chi connectivity index (χ4n) is 3.88. The van der Waals surface area contributed by atoms with E-state index in [1.165, 1.54) is 13.2 Å². The molecule has 206 valence electrons. The van der Waals surface area contributed by atoms with Crippen molar-refractivity contribution >= 4 is 34.9 Å². The predicted molar refractivity (Wildman–Crippen MR) is 151 cm³/mol. The van der Waals surface area contributed by atoms with Gasteiger partial charge in [0.05, 0.1) is 11.4 Å². The Balaban J connectivity index is 1.33. The Morgan fingerprint density at radius 1 is 1.10 bits per heavy atom. The summed E-state index contributed by atoms with van der Waals surface area (Å²) in [6.07, 6.45) is 1.50. The van der Waals surface area contributed by atoms with Crippen molar-refractivity contribution in [2.45, 2.75) is 6.92 Å². The zero-order valence-corrected chi connectivity index (χ0v) is 22.6. The van der Waals surface area contributed by atoms with E-state index in [2.05, 4.69) is 36.7 Å². The van der Waals surface area contributed by atoms with E-state index in [9.17, 15) is 9.59 Å². The molecule has 4 rings (SSSR count). The largest absolute Gasteiger partial charge is 0.490 e. The number of pyridine rings is 1. The van der Waals surface area contributed by atoms with Crippen molar-refractivity contribution in [3.63, 3.8) is 0 Å². The van der Waals surface area contributed by atoms with Crippen molar-refractivity contribution in [1.82, 2.24) is 25.9 Å². The fourth-order valence-corrected chi connectivity index (χ4v) is 4.04. The van der Waals surface area contributed by atoms with E-state index in [1.807, 2.05) is 6.92 Å². The number of benzene rings is 2. The lowest BCUT2D eigenvalue weighted by Crippen LogP contribution is -2.44. The number of amides is 3. The molecule has 1 aliphatic heterocycles. The molecule has 1 fully saturated rings. The van der Waals surface area contributed by atoms with E-state index in [0.717, 1.165) is 38.3 Å². The van der Waals surface area contributed by atoms with Crippen LogP contribution in [-0.2, 0) is 0 Å². The molecule has 2 heterocycles. The van der Waals surface area contributed by atoms with Gasteiger partial charge < -0.3 is 25.4 Å². The lowest BCUT2D eigenvalue weighted by atomic mass is 10.2. The van der Waals surface area contributed by atoms with E-state index in [0.29, 0.717) is 40.3 Å². The van der Waals surface area contributed by atoms with Gasteiger partial charge in [-0.3, -0.25) is 25.5 Å². The van der Waals surface area contributed by atoms with Crippen LogP contribution in [0, 0.1) is 6.92 Å². The van der Waals surface area contributed by atoms with Crippen molar-refractivity contribution in [3.8, 4) is 17.2 Å². The first-order chi connectivity index (χ1) is 18.9. The molecule has 0 bridgehead atoms. The molecular weight excluding hydrogens is 522 g/mol. The van der Waals surface area contributed by atoms with Crippen LogP contribution in [0.5, 0.6) is 17.2 Å². The summed E-state index contributed by atoms with van der Waals surface area (Å²) in [4.78, 5) is 30.9. The van der Waals surface area contributed by atoms with Gasteiger partial charge in [-0.05, 0) is 36.8 Å². The molecule has 0 atom stereocenters. The summed E-state index contributed by atoms with van der Waals surface area (Å²) in [5, 5.41) is 9.23. The molecule has 12 heteroatoms. The van der Waals surface area contributed by atoms with Gasteiger partial charge in [0.25, 0.3) is 5.91 Å². The van der Waals surface area contributed by atoms with Gasteiger partial charge in [0, 0.05) is 69.2 Å². The fraction of sp³-hybridized carbons (Fsp3) is 0.296. The van der Waals surface area contributed by atoms with Gasteiger partial charge in [0.1, 0.15) is 29.5 Å². The van der Waals surface area contributed by atoms with Gasteiger partial charge in [-0.2, -0.15) is 0 Å². The molecule has 5 N–H and O–H groups in total. The van der Waals surface area contributed by atoms with Gasteiger partial charge >= 0.3 is 6.03 Å². The molecule has 2 aromatic carbocycles. The number of hydrazine groups is 1. The Morgan fingerprint density at radius 3 is 2.69 bits per heavy atom. The summed E-state index contributed by atoms with van der Waals surface area (Å²) in [5.41, 5.74) is 7.64. The molecule has 0 aliphatic carbocycles. The Labute approximate surface area is 232 Å². The number of hydrogen-bond donors (Lipinski definition) is 5. The van der Waals surface area contributed by atoms with Crippen molar-refractivity contribution in [1.29, 1.82) is 0 Å². The van der Waals surface area contributed by atoms with E-state index in [4.69, 9.17) is 21.1 Å². The van der Waals surface area contributed by atoms with Gasteiger partial charge in [0.15, 0.2) is 0 Å². The predicted octanol–water partition coefficient (Wildman–Crippen LogP) is 3.63. The van der Waals surface area contributed by atoms with E-state index < -0.39 is 6.03 Å². The zero-order valence-electron chi connectivity index (χ0n) is 21.8. The standard InChI is InChI=1S/C27H32ClN7O4/c1-18-14-23(25(17-22(18)28)38-13-12-35-10-8-30-9-11-35)32-27(37)34-33-19-4-3-5-20(15-19)39-21-6-7-31-24(16-21)26(36)29-2/h3-7,14-17,30,33H,8-13H2,1-2H3,(H,29,36)(H2,32,34,37). The molecule has 11 nitrogen and oxygen atoms in total. The summed E-state index contributed by atoms with van der Waals surface area (Å²) >= 11 is 6.32. The number of nitrogens with one attached hydrogen (secondary N) is 5. The summed E-state index contributed by atoms with van der Waals surface area (Å²) < 4.78 is 11.8. The minimum Gasteiger partial charge on any atom is -0.490 e. The highest BCUT2D eigenvalue weighted by Crippen LogP contribution is 2.31. The number of hydrogen-bond acceptors (Lipinski definition) is 8. The van der Waals surface area contributed by atoms with Crippen LogP contribution in [0.4, 0.5) is 16.2 Å². The number of anilines is 2. The van der Waals surface area contributed by atoms with Gasteiger partial charge in [-0.1, -0.05) is 17.7 Å². The summed E-state index contributed by atoms with van der Waals surface area (Å²) in [6, 6.07) is 13.2. The number of piperazine rings is 1. The Hall–Kier alpha value is -4.06. The van der Waals surface area contributed by atoms with Crippen LogP contribution >= 0.6 is 11.6 Å². The van der Waals surface area contributed by atoms with Gasteiger partial charge in [0.2, 0.25) is 0 Å². The second-order valence-corrected chi connectivity index (χ2v) is 9.23. The third kappa shape index (κ3) is 8.21. The average molecular weight is 554 g/mol. The maximum absolute atomic E-state index is 12.7. The van der Waals surface area contributed by atoms with Crippen LogP contribution in [0.2, 0.25) is 5.02 Å². The second kappa shape index (κ2) is 13.7. The van der Waals surface area contributed by atoms with Crippen molar-refractivity contribution in [2.24, 2.45) is 0 Å². The third-order valence-electron chi connectivity index (χ3n) is 5.96. The number of aryl methyl sites for hydroxylation is 1. The Bertz CT molecular complexity index is 1300. The Morgan fingerprint density at radius 2 is 1.90 bits per heavy atom. The smallest absolute Gasteiger partial charge is 0.337 e. The molecule has 3 amide bonds. The maximum Gasteiger partial charge on any atom is 0.337 e. The maximum atomic E-state index is 12.7. The number of nitrogens with zero attached hydrogens (tertiary/aromatic N) is 2. The van der Waals surface area contributed by atoms with Crippen LogP contribution in [0.25, 0.3) is 0 Å². The molecular formula is C27H32ClN7O4. The molecule has 0 spiro atoms. The molecule has 3 aromatic rings. The van der Waals surface area contributed by atoms with E-state index in [1.54, 1.807) is 48.5 Å². The van der Waals surface area contributed by atoms with Crippen molar-refractivity contribution < 1.29 is 19.1 Å². The number of halogens is 1. The lowest BCUT2D eigenvalue weighted by molar-refractivity contribution is 0.0957. The average Bonchev–Trinajstić information content (AvgIpc) is 2.95. The first-order valence-electron chi connectivity index (χ1n) is 12.6. The molecule has 0 unspecified atom stereocenters. The highest BCUT2D eigenvalue weighted by atomic mass is 35.5. The molecule has 1 saturated heterocycles. The van der Waals surface area contributed by atoms with Crippen LogP contribution in [0.3, 0.4) is 0 Å². The number of carbonyl (C=O) groups excluding carboxylic acids is 2. The van der Waals surface area contributed by atoms with Crippen LogP contribution < -0.4 is 36.3 Å². The number of carbonyl (C=O) groups is 2. The lowest BCUT2D eigenvalue weighted by Gasteiger charge is -2.27. The van der Waals surface area contributed by atoms with E-state index in [-0.39, 0.29) is 11.6 Å². The number of urea groups is 1. The summed E-state index contributed by atoms with van der Waals surface area (Å²) in [7, 11) is 1.53. The second-order valence-electron chi connectivity index (χ2n) is 8.83. The van der Waals surface area contributed by atoms with Gasteiger partial charge in [-0.15, -0.1) is 0 Å². The highest BCUT2D eigenvalue weighted by Gasteiger charge is 2.14. The number of rotatable bonds is 10. The molecule has 0 saturated carbocycles. The normalized spacial score (nSPS) is 13.3. The first-order valence-corrected chi connectivity index (χ1v) is 12.9. The molecule has 39 heavy (non-hydrogen) atoms. The van der Waals surface area contributed by atoms with Crippen LogP contribution in [0.1, 0.15) is 16.1 Å². The van der Waals surface area contributed by atoms with E-state index >= 15 is 0 Å². The summed E-state index contributed by atoms with van der Waals surface area (Å²) in [5.74, 6) is 1.15.